The summed E-state index contributed by atoms with van der Waals surface area (Å²) in [4.78, 5) is 0.280. The summed E-state index contributed by atoms with van der Waals surface area (Å²) >= 11 is 3.57. The van der Waals surface area contributed by atoms with Gasteiger partial charge in [0.2, 0.25) is 0 Å². The van der Waals surface area contributed by atoms with Crippen molar-refractivity contribution in [1.29, 1.82) is 0 Å². The van der Waals surface area contributed by atoms with E-state index in [0.717, 1.165) is 27.1 Å². The first-order valence-electron chi connectivity index (χ1n) is 7.21. The Morgan fingerprint density at radius 2 is 1.58 bits per heavy atom. The summed E-state index contributed by atoms with van der Waals surface area (Å²) in [5.74, 6) is -0.294. The largest absolute Gasteiger partial charge is 0.304 e. The van der Waals surface area contributed by atoms with E-state index in [-0.39, 0.29) is 10.7 Å². The summed E-state index contributed by atoms with van der Waals surface area (Å²) in [6, 6.07) is 15.0. The molecule has 3 aromatic rings. The minimum Gasteiger partial charge on any atom is -0.304 e. The van der Waals surface area contributed by atoms with Gasteiger partial charge in [0.25, 0.3) is 0 Å². The molecule has 0 spiro atoms. The lowest BCUT2D eigenvalue weighted by atomic mass is 10.1. The van der Waals surface area contributed by atoms with E-state index in [1.165, 1.54) is 18.4 Å². The van der Waals surface area contributed by atoms with Gasteiger partial charge in [-0.3, -0.25) is 0 Å². The van der Waals surface area contributed by atoms with E-state index >= 15 is 0 Å². The van der Waals surface area contributed by atoms with Crippen molar-refractivity contribution >= 4 is 25.8 Å². The van der Waals surface area contributed by atoms with Crippen molar-refractivity contribution in [3.8, 4) is 16.9 Å². The number of aryl methyl sites for hydroxylation is 1. The molecule has 1 heterocycles. The number of halogens is 2. The maximum Gasteiger partial charge on any atom is 0.175 e. The van der Waals surface area contributed by atoms with Gasteiger partial charge in [0.15, 0.2) is 9.84 Å². The van der Waals surface area contributed by atoms with E-state index in [1.54, 1.807) is 36.4 Å². The van der Waals surface area contributed by atoms with E-state index < -0.39 is 9.84 Å². The molecule has 3 nitrogen and oxygen atoms in total. The van der Waals surface area contributed by atoms with Crippen molar-refractivity contribution in [2.45, 2.75) is 11.8 Å². The summed E-state index contributed by atoms with van der Waals surface area (Å²) < 4.78 is 39.3. The van der Waals surface area contributed by atoms with Crippen LogP contribution in [0.1, 0.15) is 5.56 Å². The minimum atomic E-state index is -3.23. The van der Waals surface area contributed by atoms with Crippen LogP contribution in [0, 0.1) is 12.7 Å². The summed E-state index contributed by atoms with van der Waals surface area (Å²) in [7, 11) is -3.23. The number of sulfone groups is 1. The Labute approximate surface area is 148 Å². The van der Waals surface area contributed by atoms with Crippen LogP contribution in [0.2, 0.25) is 0 Å². The Morgan fingerprint density at radius 1 is 1.00 bits per heavy atom. The fourth-order valence-electron chi connectivity index (χ4n) is 2.54. The lowest BCUT2D eigenvalue weighted by Crippen LogP contribution is -1.99. The van der Waals surface area contributed by atoms with Gasteiger partial charge in [-0.15, -0.1) is 0 Å². The van der Waals surface area contributed by atoms with E-state index in [0.29, 0.717) is 0 Å². The van der Waals surface area contributed by atoms with Crippen molar-refractivity contribution in [2.75, 3.05) is 6.26 Å². The van der Waals surface area contributed by atoms with Crippen molar-refractivity contribution in [2.24, 2.45) is 0 Å². The average molecular weight is 408 g/mol. The SMILES string of the molecule is Cc1cc(-c2ccc(S(C)(=O)=O)cc2)n(-c2ccc(F)cc2)c1Br. The number of aromatic nitrogens is 1. The monoisotopic (exact) mass is 407 g/mol. The summed E-state index contributed by atoms with van der Waals surface area (Å²) in [5.41, 5.74) is 3.62. The Hall–Kier alpha value is -1.92. The Bertz CT molecular complexity index is 991. The molecule has 3 rings (SSSR count). The predicted molar refractivity (Wildman–Crippen MR) is 96.7 cm³/mol. The van der Waals surface area contributed by atoms with Gasteiger partial charge in [-0.05, 0) is 76.4 Å². The third-order valence-corrected chi connectivity index (χ3v) is 5.89. The van der Waals surface area contributed by atoms with Gasteiger partial charge >= 0.3 is 0 Å². The zero-order valence-electron chi connectivity index (χ0n) is 13.1. The molecular weight excluding hydrogens is 393 g/mol. The average Bonchev–Trinajstić information content (AvgIpc) is 2.83. The Balaban J connectivity index is 2.15. The number of rotatable bonds is 3. The molecular formula is C18H15BrFNO2S. The van der Waals surface area contributed by atoms with Crippen LogP contribution >= 0.6 is 15.9 Å². The molecule has 0 aliphatic rings. The molecule has 0 amide bonds. The fraction of sp³-hybridized carbons (Fsp3) is 0.111. The molecule has 0 unspecified atom stereocenters. The Morgan fingerprint density at radius 3 is 2.12 bits per heavy atom. The van der Waals surface area contributed by atoms with Gasteiger partial charge in [-0.2, -0.15) is 0 Å². The van der Waals surface area contributed by atoms with Crippen LogP contribution in [0.4, 0.5) is 4.39 Å². The van der Waals surface area contributed by atoms with Gasteiger partial charge in [0.1, 0.15) is 5.82 Å². The van der Waals surface area contributed by atoms with Crippen LogP contribution in [0.25, 0.3) is 16.9 Å². The highest BCUT2D eigenvalue weighted by atomic mass is 79.9. The molecule has 0 radical (unpaired) electrons. The number of hydrogen-bond acceptors (Lipinski definition) is 2. The molecule has 124 valence electrons. The topological polar surface area (TPSA) is 39.1 Å². The molecule has 0 aliphatic heterocycles. The highest BCUT2D eigenvalue weighted by Crippen LogP contribution is 2.33. The molecule has 6 heteroatoms. The van der Waals surface area contributed by atoms with E-state index in [1.807, 2.05) is 17.6 Å². The predicted octanol–water partition coefficient (Wildman–Crippen LogP) is 4.76. The maximum absolute atomic E-state index is 13.2. The summed E-state index contributed by atoms with van der Waals surface area (Å²) in [5, 5.41) is 0. The quantitative estimate of drug-likeness (QED) is 0.627. The van der Waals surface area contributed by atoms with Crippen molar-refractivity contribution in [3.05, 3.63) is 70.6 Å². The molecule has 0 saturated carbocycles. The summed E-state index contributed by atoms with van der Waals surface area (Å²) in [6.45, 7) is 1.97. The first-order chi connectivity index (χ1) is 11.3. The van der Waals surface area contributed by atoms with Crippen molar-refractivity contribution < 1.29 is 12.8 Å². The van der Waals surface area contributed by atoms with Gasteiger partial charge in [0.05, 0.1) is 15.2 Å². The van der Waals surface area contributed by atoms with Crippen LogP contribution in [-0.2, 0) is 9.84 Å². The van der Waals surface area contributed by atoms with Crippen LogP contribution in [0.3, 0.4) is 0 Å². The highest BCUT2D eigenvalue weighted by molar-refractivity contribution is 9.10. The second-order valence-corrected chi connectivity index (χ2v) is 8.38. The Kier molecular flexibility index (Phi) is 4.36. The van der Waals surface area contributed by atoms with Crippen molar-refractivity contribution in [3.63, 3.8) is 0 Å². The van der Waals surface area contributed by atoms with Crippen LogP contribution in [-0.4, -0.2) is 19.2 Å². The first-order valence-corrected chi connectivity index (χ1v) is 9.90. The lowest BCUT2D eigenvalue weighted by Gasteiger charge is -2.12. The standard InChI is InChI=1S/C18H15BrFNO2S/c1-12-11-17(13-3-9-16(10-4-13)24(2,22)23)21(18(12)19)15-7-5-14(20)6-8-15/h3-11H,1-2H3. The van der Waals surface area contributed by atoms with E-state index in [4.69, 9.17) is 0 Å². The molecule has 0 atom stereocenters. The third kappa shape index (κ3) is 3.16. The molecule has 2 aromatic carbocycles. The third-order valence-electron chi connectivity index (χ3n) is 3.78. The zero-order valence-corrected chi connectivity index (χ0v) is 15.5. The normalized spacial score (nSPS) is 11.7. The second-order valence-electron chi connectivity index (χ2n) is 5.61. The number of nitrogens with zero attached hydrogens (tertiary/aromatic N) is 1. The van der Waals surface area contributed by atoms with Crippen LogP contribution in [0.5, 0.6) is 0 Å². The molecule has 0 N–H and O–H groups in total. The molecule has 0 saturated heterocycles. The minimum absolute atomic E-state index is 0.280. The van der Waals surface area contributed by atoms with E-state index in [2.05, 4.69) is 15.9 Å². The molecule has 0 fully saturated rings. The molecule has 1 aromatic heterocycles. The zero-order chi connectivity index (χ0) is 17.5. The van der Waals surface area contributed by atoms with Crippen molar-refractivity contribution in [1.82, 2.24) is 4.57 Å². The van der Waals surface area contributed by atoms with Crippen LogP contribution in [0.15, 0.2) is 64.1 Å². The number of benzene rings is 2. The highest BCUT2D eigenvalue weighted by Gasteiger charge is 2.15. The van der Waals surface area contributed by atoms with Gasteiger partial charge < -0.3 is 4.57 Å². The van der Waals surface area contributed by atoms with Crippen LogP contribution < -0.4 is 0 Å². The molecule has 0 aliphatic carbocycles. The second kappa shape index (κ2) is 6.18. The molecule has 0 bridgehead atoms. The number of hydrogen-bond donors (Lipinski definition) is 0. The maximum atomic E-state index is 13.2. The van der Waals surface area contributed by atoms with Gasteiger partial charge in [-0.1, -0.05) is 12.1 Å². The van der Waals surface area contributed by atoms with E-state index in [9.17, 15) is 12.8 Å². The fourth-order valence-corrected chi connectivity index (χ4v) is 3.68. The smallest absolute Gasteiger partial charge is 0.175 e. The summed E-state index contributed by atoms with van der Waals surface area (Å²) in [6.07, 6.45) is 1.18. The first kappa shape index (κ1) is 16.9. The molecule has 24 heavy (non-hydrogen) atoms. The van der Waals surface area contributed by atoms with Gasteiger partial charge in [-0.25, -0.2) is 12.8 Å². The lowest BCUT2D eigenvalue weighted by molar-refractivity contribution is 0.602. The van der Waals surface area contributed by atoms with Gasteiger partial charge in [0, 0.05) is 11.9 Å².